The summed E-state index contributed by atoms with van der Waals surface area (Å²) in [5, 5.41) is 10.3. The molecule has 2 aromatic carbocycles. The number of nitrogens with one attached hydrogen (secondary N) is 1. The number of pyridine rings is 2. The van der Waals surface area contributed by atoms with Crippen LogP contribution < -0.4 is 5.48 Å². The molecule has 0 spiro atoms. The van der Waals surface area contributed by atoms with Gasteiger partial charge in [0, 0.05) is 29.5 Å². The van der Waals surface area contributed by atoms with Crippen molar-refractivity contribution in [2.45, 2.75) is 6.42 Å². The molecule has 0 radical (unpaired) electrons. The van der Waals surface area contributed by atoms with Gasteiger partial charge in [0.05, 0.1) is 11.2 Å². The largest absolute Gasteiger partial charge is 0.291 e. The monoisotopic (exact) mass is 327 g/mol. The fraction of sp³-hybridized carbons (Fsp3) is 0.0476. The van der Waals surface area contributed by atoms with Crippen LogP contribution in [0.15, 0.2) is 79.3 Å². The summed E-state index contributed by atoms with van der Waals surface area (Å²) in [6.45, 7) is 0. The standard InChI is InChI=1S/C21H17N3O/c25-24-19-5-1-3-17(14-19)20-13-16(11-15-6-9-22-10-7-15)12-18-4-2-8-23-21(18)20/h1-10,12-14,24-25H,11H2. The lowest BCUT2D eigenvalue weighted by Crippen LogP contribution is -1.94. The Bertz CT molecular complexity index is 1020. The van der Waals surface area contributed by atoms with Crippen LogP contribution in [0.25, 0.3) is 22.0 Å². The minimum atomic E-state index is 0.654. The van der Waals surface area contributed by atoms with Crippen molar-refractivity contribution in [3.8, 4) is 11.1 Å². The zero-order valence-corrected chi connectivity index (χ0v) is 13.6. The van der Waals surface area contributed by atoms with Crippen LogP contribution in [-0.4, -0.2) is 15.2 Å². The highest BCUT2D eigenvalue weighted by Crippen LogP contribution is 2.31. The molecule has 122 valence electrons. The molecule has 0 aliphatic carbocycles. The van der Waals surface area contributed by atoms with Gasteiger partial charge in [0.2, 0.25) is 0 Å². The molecule has 4 aromatic rings. The van der Waals surface area contributed by atoms with E-state index in [9.17, 15) is 5.21 Å². The molecule has 4 heteroatoms. The van der Waals surface area contributed by atoms with Gasteiger partial charge in [0.25, 0.3) is 0 Å². The summed E-state index contributed by atoms with van der Waals surface area (Å²) < 4.78 is 0. The average molecular weight is 327 g/mol. The molecular weight excluding hydrogens is 310 g/mol. The van der Waals surface area contributed by atoms with Crippen molar-refractivity contribution in [2.24, 2.45) is 0 Å². The van der Waals surface area contributed by atoms with Crippen molar-refractivity contribution in [3.05, 3.63) is 90.4 Å². The lowest BCUT2D eigenvalue weighted by molar-refractivity contribution is 0.389. The molecule has 0 aliphatic rings. The molecule has 4 rings (SSSR count). The lowest BCUT2D eigenvalue weighted by Gasteiger charge is -2.11. The minimum Gasteiger partial charge on any atom is -0.291 e. The second-order valence-corrected chi connectivity index (χ2v) is 5.94. The Hall–Kier alpha value is -3.24. The molecule has 2 heterocycles. The number of hydrogen-bond donors (Lipinski definition) is 2. The zero-order chi connectivity index (χ0) is 17.1. The van der Waals surface area contributed by atoms with E-state index in [1.165, 1.54) is 11.1 Å². The summed E-state index contributed by atoms with van der Waals surface area (Å²) in [4.78, 5) is 8.65. The topological polar surface area (TPSA) is 58.0 Å². The molecule has 25 heavy (non-hydrogen) atoms. The van der Waals surface area contributed by atoms with Crippen LogP contribution in [0.4, 0.5) is 5.69 Å². The average Bonchev–Trinajstić information content (AvgIpc) is 2.68. The van der Waals surface area contributed by atoms with Gasteiger partial charge < -0.3 is 0 Å². The smallest absolute Gasteiger partial charge is 0.0780 e. The molecule has 0 amide bonds. The van der Waals surface area contributed by atoms with E-state index in [4.69, 9.17) is 0 Å². The third-order valence-corrected chi connectivity index (χ3v) is 4.22. The van der Waals surface area contributed by atoms with E-state index >= 15 is 0 Å². The van der Waals surface area contributed by atoms with Crippen molar-refractivity contribution in [1.29, 1.82) is 0 Å². The van der Waals surface area contributed by atoms with Gasteiger partial charge in [-0.05, 0) is 65.6 Å². The van der Waals surface area contributed by atoms with Crippen molar-refractivity contribution >= 4 is 16.6 Å². The number of aromatic nitrogens is 2. The number of hydrogen-bond acceptors (Lipinski definition) is 4. The number of rotatable bonds is 4. The van der Waals surface area contributed by atoms with Crippen molar-refractivity contribution in [2.75, 3.05) is 5.48 Å². The van der Waals surface area contributed by atoms with Crippen molar-refractivity contribution in [1.82, 2.24) is 9.97 Å². The Balaban J connectivity index is 1.86. The molecule has 0 atom stereocenters. The van der Waals surface area contributed by atoms with Crippen molar-refractivity contribution < 1.29 is 5.21 Å². The number of nitrogens with zero attached hydrogens (tertiary/aromatic N) is 2. The second-order valence-electron chi connectivity index (χ2n) is 5.94. The Labute approximate surface area is 145 Å². The Kier molecular flexibility index (Phi) is 4.11. The molecule has 0 saturated heterocycles. The summed E-state index contributed by atoms with van der Waals surface area (Å²) in [6.07, 6.45) is 6.27. The van der Waals surface area contributed by atoms with Crippen molar-refractivity contribution in [3.63, 3.8) is 0 Å². The van der Waals surface area contributed by atoms with Gasteiger partial charge in [-0.3, -0.25) is 20.7 Å². The van der Waals surface area contributed by atoms with Gasteiger partial charge in [-0.25, -0.2) is 0 Å². The minimum absolute atomic E-state index is 0.654. The Morgan fingerprint density at radius 2 is 1.72 bits per heavy atom. The van der Waals surface area contributed by atoms with Crippen LogP contribution >= 0.6 is 0 Å². The first-order chi connectivity index (χ1) is 12.3. The predicted octanol–water partition coefficient (Wildman–Crippen LogP) is 4.69. The van der Waals surface area contributed by atoms with Crippen LogP contribution in [0.1, 0.15) is 11.1 Å². The third-order valence-electron chi connectivity index (χ3n) is 4.22. The third kappa shape index (κ3) is 3.20. The maximum absolute atomic E-state index is 9.20. The highest BCUT2D eigenvalue weighted by Gasteiger charge is 2.09. The van der Waals surface area contributed by atoms with Gasteiger partial charge >= 0.3 is 0 Å². The van der Waals surface area contributed by atoms with Gasteiger partial charge in [0.15, 0.2) is 0 Å². The fourth-order valence-electron chi connectivity index (χ4n) is 3.07. The quantitative estimate of drug-likeness (QED) is 0.534. The van der Waals surface area contributed by atoms with E-state index in [0.29, 0.717) is 5.69 Å². The molecule has 2 N–H and O–H groups in total. The normalized spacial score (nSPS) is 10.8. The first-order valence-electron chi connectivity index (χ1n) is 8.10. The maximum atomic E-state index is 9.20. The Morgan fingerprint density at radius 1 is 0.840 bits per heavy atom. The van der Waals surface area contributed by atoms with Gasteiger partial charge in [-0.2, -0.15) is 0 Å². The number of fused-ring (bicyclic) bond motifs is 1. The van der Waals surface area contributed by atoms with Gasteiger partial charge in [-0.15, -0.1) is 0 Å². The summed E-state index contributed by atoms with van der Waals surface area (Å²) in [5.74, 6) is 0. The van der Waals surface area contributed by atoms with Crippen LogP contribution in [0.3, 0.4) is 0 Å². The van der Waals surface area contributed by atoms with Crippen LogP contribution in [-0.2, 0) is 6.42 Å². The molecular formula is C21H17N3O. The zero-order valence-electron chi connectivity index (χ0n) is 13.6. The van der Waals surface area contributed by atoms with Gasteiger partial charge in [0.1, 0.15) is 0 Å². The summed E-state index contributed by atoms with van der Waals surface area (Å²) in [7, 11) is 0. The summed E-state index contributed by atoms with van der Waals surface area (Å²) in [5.41, 5.74) is 8.32. The van der Waals surface area contributed by atoms with E-state index in [1.54, 1.807) is 0 Å². The molecule has 0 aliphatic heterocycles. The molecule has 4 nitrogen and oxygen atoms in total. The molecule has 0 unspecified atom stereocenters. The van der Waals surface area contributed by atoms with Crippen LogP contribution in [0.2, 0.25) is 0 Å². The predicted molar refractivity (Wildman–Crippen MR) is 99.6 cm³/mol. The molecule has 0 saturated carbocycles. The first kappa shape index (κ1) is 15.3. The molecule has 0 bridgehead atoms. The van der Waals surface area contributed by atoms with Gasteiger partial charge in [-0.1, -0.05) is 18.2 Å². The van der Waals surface area contributed by atoms with Crippen LogP contribution in [0.5, 0.6) is 0 Å². The van der Waals surface area contributed by atoms with E-state index < -0.39 is 0 Å². The molecule has 0 fully saturated rings. The highest BCUT2D eigenvalue weighted by molar-refractivity contribution is 5.94. The van der Waals surface area contributed by atoms with E-state index in [1.807, 2.05) is 61.1 Å². The summed E-state index contributed by atoms with van der Waals surface area (Å²) >= 11 is 0. The first-order valence-corrected chi connectivity index (χ1v) is 8.10. The SMILES string of the molecule is ONc1cccc(-c2cc(Cc3ccncc3)cc3cccnc23)c1. The van der Waals surface area contributed by atoms with E-state index in [-0.39, 0.29) is 0 Å². The van der Waals surface area contributed by atoms with E-state index in [2.05, 4.69) is 33.6 Å². The van der Waals surface area contributed by atoms with E-state index in [0.717, 1.165) is 28.5 Å². The summed E-state index contributed by atoms with van der Waals surface area (Å²) in [6, 6.07) is 20.1. The molecule has 2 aromatic heterocycles. The number of anilines is 1. The maximum Gasteiger partial charge on any atom is 0.0780 e. The second kappa shape index (κ2) is 6.71. The highest BCUT2D eigenvalue weighted by atomic mass is 16.5. The Morgan fingerprint density at radius 3 is 2.56 bits per heavy atom. The number of benzene rings is 2. The fourth-order valence-corrected chi connectivity index (χ4v) is 3.07. The van der Waals surface area contributed by atoms with Crippen LogP contribution in [0, 0.1) is 0 Å². The lowest BCUT2D eigenvalue weighted by atomic mass is 9.96.